The molecule has 0 saturated heterocycles. The van der Waals surface area contributed by atoms with Crippen molar-refractivity contribution in [2.75, 3.05) is 5.32 Å². The van der Waals surface area contributed by atoms with Gasteiger partial charge in [0, 0.05) is 18.7 Å². The van der Waals surface area contributed by atoms with E-state index in [4.69, 9.17) is 13.7 Å². The standard InChI is InChI=1S/C16H12N2O5/c1-10(19)17-11-4-6-12(7-5-11)22-16(20)13-9-15(23-18-13)14-3-2-8-21-14/h2-9H,1H3,(H,17,19). The van der Waals surface area contributed by atoms with Crippen LogP contribution in [0.15, 0.2) is 57.7 Å². The molecule has 0 spiro atoms. The van der Waals surface area contributed by atoms with Crippen molar-refractivity contribution in [2.24, 2.45) is 0 Å². The van der Waals surface area contributed by atoms with Crippen molar-refractivity contribution in [1.29, 1.82) is 0 Å². The van der Waals surface area contributed by atoms with Crippen molar-refractivity contribution in [3.8, 4) is 17.3 Å². The van der Waals surface area contributed by atoms with Crippen molar-refractivity contribution >= 4 is 17.6 Å². The summed E-state index contributed by atoms with van der Waals surface area (Å²) in [6.07, 6.45) is 1.49. The maximum absolute atomic E-state index is 12.0. The minimum Gasteiger partial charge on any atom is -0.461 e. The molecular formula is C16H12N2O5. The summed E-state index contributed by atoms with van der Waals surface area (Å²) in [6.45, 7) is 1.41. The van der Waals surface area contributed by atoms with E-state index in [0.29, 0.717) is 23.0 Å². The van der Waals surface area contributed by atoms with Gasteiger partial charge in [0.15, 0.2) is 11.5 Å². The van der Waals surface area contributed by atoms with Crippen molar-refractivity contribution in [3.05, 3.63) is 54.4 Å². The zero-order chi connectivity index (χ0) is 16.2. The predicted molar refractivity (Wildman–Crippen MR) is 79.9 cm³/mol. The molecule has 7 nitrogen and oxygen atoms in total. The number of benzene rings is 1. The smallest absolute Gasteiger partial charge is 0.365 e. The Balaban J connectivity index is 1.68. The van der Waals surface area contributed by atoms with Crippen LogP contribution in [0.25, 0.3) is 11.5 Å². The summed E-state index contributed by atoms with van der Waals surface area (Å²) < 4.78 is 15.4. The summed E-state index contributed by atoms with van der Waals surface area (Å²) in [6, 6.07) is 11.2. The van der Waals surface area contributed by atoms with Crippen molar-refractivity contribution in [3.63, 3.8) is 0 Å². The monoisotopic (exact) mass is 312 g/mol. The van der Waals surface area contributed by atoms with Gasteiger partial charge in [-0.2, -0.15) is 0 Å². The number of nitrogens with zero attached hydrogens (tertiary/aromatic N) is 1. The average Bonchev–Trinajstić information content (AvgIpc) is 3.19. The number of carbonyl (C=O) groups is 2. The lowest BCUT2D eigenvalue weighted by Crippen LogP contribution is -2.09. The highest BCUT2D eigenvalue weighted by atomic mass is 16.5. The van der Waals surface area contributed by atoms with Gasteiger partial charge in [-0.25, -0.2) is 4.79 Å². The molecule has 0 unspecified atom stereocenters. The highest BCUT2D eigenvalue weighted by Gasteiger charge is 2.17. The van der Waals surface area contributed by atoms with Gasteiger partial charge in [-0.05, 0) is 36.4 Å². The number of furan rings is 1. The van der Waals surface area contributed by atoms with Gasteiger partial charge < -0.3 is 19.0 Å². The van der Waals surface area contributed by atoms with E-state index in [0.717, 1.165) is 0 Å². The topological polar surface area (TPSA) is 94.6 Å². The van der Waals surface area contributed by atoms with Crippen LogP contribution < -0.4 is 10.1 Å². The molecule has 116 valence electrons. The molecular weight excluding hydrogens is 300 g/mol. The third-order valence-electron chi connectivity index (χ3n) is 2.87. The molecule has 1 aromatic carbocycles. The second-order valence-corrected chi connectivity index (χ2v) is 4.65. The first kappa shape index (κ1) is 14.6. The van der Waals surface area contributed by atoms with Crippen LogP contribution >= 0.6 is 0 Å². The van der Waals surface area contributed by atoms with Crippen LogP contribution in [0.2, 0.25) is 0 Å². The minimum absolute atomic E-state index is 0.0299. The molecule has 0 fully saturated rings. The second-order valence-electron chi connectivity index (χ2n) is 4.65. The highest BCUT2D eigenvalue weighted by molar-refractivity contribution is 5.90. The van der Waals surface area contributed by atoms with Gasteiger partial charge in [0.1, 0.15) is 5.75 Å². The van der Waals surface area contributed by atoms with E-state index in [-0.39, 0.29) is 11.6 Å². The number of nitrogens with one attached hydrogen (secondary N) is 1. The fourth-order valence-electron chi connectivity index (χ4n) is 1.88. The fourth-order valence-corrected chi connectivity index (χ4v) is 1.88. The molecule has 2 heterocycles. The second kappa shape index (κ2) is 6.18. The van der Waals surface area contributed by atoms with E-state index in [1.807, 2.05) is 0 Å². The molecule has 1 N–H and O–H groups in total. The molecule has 0 aliphatic rings. The maximum Gasteiger partial charge on any atom is 0.365 e. The van der Waals surface area contributed by atoms with Crippen molar-refractivity contribution < 1.29 is 23.3 Å². The molecule has 3 aromatic rings. The molecule has 0 aliphatic heterocycles. The van der Waals surface area contributed by atoms with Gasteiger partial charge in [0.2, 0.25) is 11.7 Å². The SMILES string of the molecule is CC(=O)Nc1ccc(OC(=O)c2cc(-c3ccco3)on2)cc1. The lowest BCUT2D eigenvalue weighted by Gasteiger charge is -2.04. The molecule has 3 rings (SSSR count). The van der Waals surface area contributed by atoms with Gasteiger partial charge in [0.05, 0.1) is 6.26 Å². The van der Waals surface area contributed by atoms with Crippen molar-refractivity contribution in [1.82, 2.24) is 5.16 Å². The third kappa shape index (κ3) is 3.46. The summed E-state index contributed by atoms with van der Waals surface area (Å²) >= 11 is 0. The van der Waals surface area contributed by atoms with Crippen LogP contribution in [0, 0.1) is 0 Å². The number of amides is 1. The first-order valence-corrected chi connectivity index (χ1v) is 6.72. The maximum atomic E-state index is 12.0. The van der Waals surface area contributed by atoms with Gasteiger partial charge in [-0.1, -0.05) is 5.16 Å². The Bertz CT molecular complexity index is 819. The van der Waals surface area contributed by atoms with Gasteiger partial charge in [-0.15, -0.1) is 0 Å². The van der Waals surface area contributed by atoms with E-state index in [1.54, 1.807) is 36.4 Å². The normalized spacial score (nSPS) is 10.3. The largest absolute Gasteiger partial charge is 0.461 e. The molecule has 0 atom stereocenters. The van der Waals surface area contributed by atoms with Crippen LogP contribution in [-0.2, 0) is 4.79 Å². The molecule has 0 bridgehead atoms. The number of rotatable bonds is 4. The number of aromatic nitrogens is 1. The number of hydrogen-bond donors (Lipinski definition) is 1. The molecule has 1 amide bonds. The summed E-state index contributed by atoms with van der Waals surface area (Å²) in [4.78, 5) is 23.0. The Morgan fingerprint density at radius 2 is 1.91 bits per heavy atom. The Kier molecular flexibility index (Phi) is 3.92. The Morgan fingerprint density at radius 3 is 2.57 bits per heavy atom. The first-order chi connectivity index (χ1) is 11.1. The fraction of sp³-hybridized carbons (Fsp3) is 0.0625. The molecule has 2 aromatic heterocycles. The zero-order valence-electron chi connectivity index (χ0n) is 12.1. The summed E-state index contributed by atoms with van der Waals surface area (Å²) in [5.74, 6) is 0.299. The van der Waals surface area contributed by atoms with E-state index in [9.17, 15) is 9.59 Å². The number of esters is 1. The number of anilines is 1. The van der Waals surface area contributed by atoms with Gasteiger partial charge in [0.25, 0.3) is 0 Å². The average molecular weight is 312 g/mol. The predicted octanol–water partition coefficient (Wildman–Crippen LogP) is 3.11. The van der Waals surface area contributed by atoms with Crippen LogP contribution in [0.1, 0.15) is 17.4 Å². The first-order valence-electron chi connectivity index (χ1n) is 6.72. The Labute approximate surface area is 130 Å². The quantitative estimate of drug-likeness (QED) is 0.587. The third-order valence-corrected chi connectivity index (χ3v) is 2.87. The van der Waals surface area contributed by atoms with E-state index >= 15 is 0 Å². The number of ether oxygens (including phenoxy) is 1. The van der Waals surface area contributed by atoms with E-state index < -0.39 is 5.97 Å². The minimum atomic E-state index is -0.654. The number of carbonyl (C=O) groups excluding carboxylic acids is 2. The lowest BCUT2D eigenvalue weighted by molar-refractivity contribution is -0.114. The molecule has 0 radical (unpaired) electrons. The number of hydrogen-bond acceptors (Lipinski definition) is 6. The van der Waals surface area contributed by atoms with Crippen LogP contribution in [0.5, 0.6) is 5.75 Å². The Hall–Kier alpha value is -3.35. The summed E-state index contributed by atoms with van der Waals surface area (Å²) in [5.41, 5.74) is 0.640. The molecule has 0 saturated carbocycles. The van der Waals surface area contributed by atoms with Crippen LogP contribution in [0.3, 0.4) is 0 Å². The van der Waals surface area contributed by atoms with Crippen LogP contribution in [-0.4, -0.2) is 17.0 Å². The van der Waals surface area contributed by atoms with Crippen LogP contribution in [0.4, 0.5) is 5.69 Å². The van der Waals surface area contributed by atoms with Gasteiger partial charge in [-0.3, -0.25) is 4.79 Å². The summed E-state index contributed by atoms with van der Waals surface area (Å²) in [7, 11) is 0. The summed E-state index contributed by atoms with van der Waals surface area (Å²) in [5, 5.41) is 6.28. The van der Waals surface area contributed by atoms with Gasteiger partial charge >= 0.3 is 5.97 Å². The lowest BCUT2D eigenvalue weighted by atomic mass is 10.3. The van der Waals surface area contributed by atoms with E-state index in [1.165, 1.54) is 19.3 Å². The van der Waals surface area contributed by atoms with E-state index in [2.05, 4.69) is 10.5 Å². The highest BCUT2D eigenvalue weighted by Crippen LogP contribution is 2.22. The molecule has 23 heavy (non-hydrogen) atoms. The zero-order valence-corrected chi connectivity index (χ0v) is 12.1. The Morgan fingerprint density at radius 1 is 1.13 bits per heavy atom. The molecule has 0 aliphatic carbocycles. The van der Waals surface area contributed by atoms with Crippen molar-refractivity contribution in [2.45, 2.75) is 6.92 Å². The molecule has 7 heteroatoms.